The van der Waals surface area contributed by atoms with Crippen molar-refractivity contribution in [1.82, 2.24) is 0 Å². The maximum Gasteiger partial charge on any atom is 0.394 e. The van der Waals surface area contributed by atoms with E-state index in [4.69, 9.17) is 17.5 Å². The summed E-state index contributed by atoms with van der Waals surface area (Å²) in [6, 6.07) is 0. The van der Waals surface area contributed by atoms with Crippen LogP contribution in [0.1, 0.15) is 0 Å². The Labute approximate surface area is 59.4 Å². The van der Waals surface area contributed by atoms with E-state index in [2.05, 4.69) is 0 Å². The Morgan fingerprint density at radius 3 is 1.14 bits per heavy atom. The fourth-order valence-electron chi connectivity index (χ4n) is 0. The van der Waals surface area contributed by atoms with Crippen LogP contribution in [0.5, 0.6) is 0 Å². The monoisotopic (exact) mass is 231 g/mol. The average molecular weight is 231 g/mol. The molecule has 4 N–H and O–H groups in total. The Morgan fingerprint density at radius 2 is 1.14 bits per heavy atom. The minimum Gasteiger partial charge on any atom is -0.412 e. The van der Waals surface area contributed by atoms with E-state index < -0.39 is 10.4 Å². The van der Waals surface area contributed by atoms with Crippen molar-refractivity contribution in [2.45, 2.75) is 0 Å². The molecule has 5 nitrogen and oxygen atoms in total. The first-order chi connectivity index (χ1) is 2.00. The topological polar surface area (TPSA) is 106 Å². The standard InChI is InChI=1S/In.H2O4S.H2O/c;1-5(2,3)4;/h;(H2,1,2,3,4);1H2. The molecule has 0 aliphatic rings. The van der Waals surface area contributed by atoms with Crippen LogP contribution in [-0.2, 0) is 10.4 Å². The Kier molecular flexibility index (Phi) is 10.8. The predicted octanol–water partition coefficient (Wildman–Crippen LogP) is -1.86. The molecule has 7 heavy (non-hydrogen) atoms. The van der Waals surface area contributed by atoms with Gasteiger partial charge in [0.2, 0.25) is 0 Å². The first-order valence-corrected chi connectivity index (χ1v) is 2.10. The molecule has 0 unspecified atom stereocenters. The Hall–Kier alpha value is 0.700. The summed E-state index contributed by atoms with van der Waals surface area (Å²) in [4.78, 5) is 0. The van der Waals surface area contributed by atoms with Gasteiger partial charge in [-0.3, -0.25) is 9.11 Å². The van der Waals surface area contributed by atoms with Crippen molar-refractivity contribution in [3.63, 3.8) is 0 Å². The average Bonchev–Trinajstić information content (AvgIpc) is 0.722. The van der Waals surface area contributed by atoms with Gasteiger partial charge in [0.15, 0.2) is 0 Å². The van der Waals surface area contributed by atoms with Gasteiger partial charge in [0.25, 0.3) is 0 Å². The minimum absolute atomic E-state index is 0. The molecule has 0 fully saturated rings. The third-order valence-electron chi connectivity index (χ3n) is 0. The van der Waals surface area contributed by atoms with Gasteiger partial charge in [-0.05, 0) is 0 Å². The SMILES string of the molecule is O.O=S(=O)(O)O.[In]. The quantitative estimate of drug-likeness (QED) is 0.476. The Bertz CT molecular complexity index is 91.2. The van der Waals surface area contributed by atoms with Gasteiger partial charge >= 0.3 is 10.4 Å². The summed E-state index contributed by atoms with van der Waals surface area (Å²) in [5.74, 6) is 0. The fourth-order valence-corrected chi connectivity index (χ4v) is 0. The fraction of sp³-hybridized carbons (Fsp3) is 0. The molecule has 0 aliphatic heterocycles. The Balaban J connectivity index is -0.0000000800. The first-order valence-electron chi connectivity index (χ1n) is 0.698. The molecule has 7 heteroatoms. The third kappa shape index (κ3) is 302. The summed E-state index contributed by atoms with van der Waals surface area (Å²) in [6.07, 6.45) is 0. The van der Waals surface area contributed by atoms with Gasteiger partial charge in [0, 0.05) is 25.8 Å². The van der Waals surface area contributed by atoms with Crippen LogP contribution in [0, 0.1) is 0 Å². The van der Waals surface area contributed by atoms with E-state index >= 15 is 0 Å². The third-order valence-corrected chi connectivity index (χ3v) is 0. The van der Waals surface area contributed by atoms with Crippen LogP contribution >= 0.6 is 0 Å². The zero-order valence-electron chi connectivity index (χ0n) is 3.20. The van der Waals surface area contributed by atoms with E-state index in [0.717, 1.165) is 0 Å². The molecule has 0 aromatic heterocycles. The van der Waals surface area contributed by atoms with Crippen LogP contribution in [0.15, 0.2) is 0 Å². The molecule has 0 amide bonds. The van der Waals surface area contributed by atoms with E-state index in [0.29, 0.717) is 0 Å². The predicted molar refractivity (Wildman–Crippen MR) is 23.5 cm³/mol. The second-order valence-electron chi connectivity index (χ2n) is 0.448. The van der Waals surface area contributed by atoms with E-state index in [1.165, 1.54) is 0 Å². The molecule has 0 aromatic carbocycles. The maximum absolute atomic E-state index is 8.74. The van der Waals surface area contributed by atoms with Gasteiger partial charge < -0.3 is 5.48 Å². The van der Waals surface area contributed by atoms with Crippen molar-refractivity contribution in [3.05, 3.63) is 0 Å². The second kappa shape index (κ2) is 4.85. The molecular formula is H4InO5S. The molecule has 0 aliphatic carbocycles. The first kappa shape index (κ1) is 15.6. The number of hydrogen-bond donors (Lipinski definition) is 2. The van der Waals surface area contributed by atoms with E-state index in [-0.39, 0.29) is 31.3 Å². The summed E-state index contributed by atoms with van der Waals surface area (Å²) in [5.41, 5.74) is 0. The smallest absolute Gasteiger partial charge is 0.394 e. The summed E-state index contributed by atoms with van der Waals surface area (Å²) in [5, 5.41) is 0. The molecule has 0 heterocycles. The van der Waals surface area contributed by atoms with Gasteiger partial charge in [-0.25, -0.2) is 0 Å². The van der Waals surface area contributed by atoms with Crippen molar-refractivity contribution in [2.24, 2.45) is 0 Å². The molecule has 0 rings (SSSR count). The zero-order chi connectivity index (χ0) is 4.50. The zero-order valence-corrected chi connectivity index (χ0v) is 7.31. The van der Waals surface area contributed by atoms with Crippen LogP contribution in [0.25, 0.3) is 0 Å². The van der Waals surface area contributed by atoms with Crippen LogP contribution in [-0.4, -0.2) is 48.8 Å². The molecule has 0 atom stereocenters. The van der Waals surface area contributed by atoms with Crippen molar-refractivity contribution < 1.29 is 23.0 Å². The summed E-state index contributed by atoms with van der Waals surface area (Å²) < 4.78 is 31.6. The van der Waals surface area contributed by atoms with Crippen molar-refractivity contribution >= 4 is 36.2 Å². The van der Waals surface area contributed by atoms with Gasteiger partial charge in [-0.1, -0.05) is 0 Å². The normalized spacial score (nSPS) is 8.29. The molecule has 0 spiro atoms. The summed E-state index contributed by atoms with van der Waals surface area (Å²) in [6.45, 7) is 0. The van der Waals surface area contributed by atoms with Gasteiger partial charge in [0.1, 0.15) is 0 Å². The molecule has 0 aromatic rings. The van der Waals surface area contributed by atoms with Crippen molar-refractivity contribution in [1.29, 1.82) is 0 Å². The molecule has 0 saturated heterocycles. The summed E-state index contributed by atoms with van der Waals surface area (Å²) in [7, 11) is -4.67. The van der Waals surface area contributed by atoms with Gasteiger partial charge in [-0.15, -0.1) is 0 Å². The Morgan fingerprint density at radius 1 is 1.14 bits per heavy atom. The van der Waals surface area contributed by atoms with Crippen molar-refractivity contribution in [2.75, 3.05) is 0 Å². The number of rotatable bonds is 0. The summed E-state index contributed by atoms with van der Waals surface area (Å²) >= 11 is 0. The van der Waals surface area contributed by atoms with Crippen molar-refractivity contribution in [3.8, 4) is 0 Å². The minimum atomic E-state index is -4.67. The molecule has 0 bridgehead atoms. The molecule has 3 radical (unpaired) electrons. The van der Waals surface area contributed by atoms with Crippen LogP contribution in [0.3, 0.4) is 0 Å². The van der Waals surface area contributed by atoms with Crippen LogP contribution in [0.2, 0.25) is 0 Å². The van der Waals surface area contributed by atoms with E-state index in [9.17, 15) is 0 Å². The van der Waals surface area contributed by atoms with Gasteiger partial charge in [0.05, 0.1) is 0 Å². The largest absolute Gasteiger partial charge is 0.412 e. The molecule has 43 valence electrons. The molecule has 0 saturated carbocycles. The van der Waals surface area contributed by atoms with Crippen LogP contribution < -0.4 is 0 Å². The number of hydrogen-bond acceptors (Lipinski definition) is 2. The van der Waals surface area contributed by atoms with E-state index in [1.807, 2.05) is 0 Å². The van der Waals surface area contributed by atoms with E-state index in [1.54, 1.807) is 0 Å². The second-order valence-corrected chi connectivity index (χ2v) is 1.34. The maximum atomic E-state index is 8.74. The van der Waals surface area contributed by atoms with Gasteiger partial charge in [-0.2, -0.15) is 8.42 Å². The van der Waals surface area contributed by atoms with Crippen LogP contribution in [0.4, 0.5) is 0 Å². The molecular weight excluding hydrogens is 227 g/mol.